The minimum Gasteiger partial charge on any atom is -0.326 e. The second-order valence-corrected chi connectivity index (χ2v) is 6.97. The van der Waals surface area contributed by atoms with Crippen molar-refractivity contribution in [3.8, 4) is 0 Å². The lowest BCUT2D eigenvalue weighted by atomic mass is 9.89. The van der Waals surface area contributed by atoms with Gasteiger partial charge < -0.3 is 10.6 Å². The van der Waals surface area contributed by atoms with Gasteiger partial charge in [-0.05, 0) is 30.7 Å². The third-order valence-electron chi connectivity index (χ3n) is 3.58. The number of hydrogen-bond acceptors (Lipinski definition) is 2. The summed E-state index contributed by atoms with van der Waals surface area (Å²) in [6.45, 7) is 11.4. The van der Waals surface area contributed by atoms with Crippen molar-refractivity contribution in [2.75, 3.05) is 10.6 Å². The lowest BCUT2D eigenvalue weighted by molar-refractivity contribution is -0.124. The van der Waals surface area contributed by atoms with E-state index in [1.165, 1.54) is 0 Å². The number of carbonyl (C=O) groups excluding carboxylic acids is 2. The first-order chi connectivity index (χ1) is 9.56. The zero-order chi connectivity index (χ0) is 16.3. The molecule has 0 saturated carbocycles. The van der Waals surface area contributed by atoms with Crippen molar-refractivity contribution in [3.63, 3.8) is 0 Å². The van der Waals surface area contributed by atoms with Crippen LogP contribution in [0.1, 0.15) is 48.0 Å². The van der Waals surface area contributed by atoms with Gasteiger partial charge in [0, 0.05) is 22.2 Å². The number of amides is 2. The largest absolute Gasteiger partial charge is 0.326 e. The van der Waals surface area contributed by atoms with Gasteiger partial charge in [-0.15, -0.1) is 0 Å². The fourth-order valence-electron chi connectivity index (χ4n) is 1.42. The van der Waals surface area contributed by atoms with Gasteiger partial charge in [0.1, 0.15) is 0 Å². The van der Waals surface area contributed by atoms with Gasteiger partial charge in [-0.1, -0.05) is 41.5 Å². The van der Waals surface area contributed by atoms with Crippen LogP contribution in [0.25, 0.3) is 0 Å². The number of nitrogens with one attached hydrogen (secondary N) is 2. The van der Waals surface area contributed by atoms with Gasteiger partial charge in [0.05, 0.1) is 0 Å². The Labute approximate surface area is 127 Å². The molecule has 116 valence electrons. The Kier molecular flexibility index (Phi) is 5.15. The van der Waals surface area contributed by atoms with Crippen LogP contribution in [-0.4, -0.2) is 11.8 Å². The summed E-state index contributed by atoms with van der Waals surface area (Å²) in [5, 5.41) is 5.74. The third kappa shape index (κ3) is 4.88. The molecule has 0 unspecified atom stereocenters. The summed E-state index contributed by atoms with van der Waals surface area (Å²) in [6, 6.07) is 7.17. The van der Waals surface area contributed by atoms with E-state index in [-0.39, 0.29) is 17.2 Å². The topological polar surface area (TPSA) is 58.2 Å². The van der Waals surface area contributed by atoms with Crippen LogP contribution < -0.4 is 10.6 Å². The molecule has 0 atom stereocenters. The highest BCUT2D eigenvalue weighted by Crippen LogP contribution is 2.23. The van der Waals surface area contributed by atoms with E-state index in [1.807, 2.05) is 41.5 Å². The molecule has 1 aromatic carbocycles. The molecule has 0 fully saturated rings. The van der Waals surface area contributed by atoms with Crippen molar-refractivity contribution < 1.29 is 9.59 Å². The summed E-state index contributed by atoms with van der Waals surface area (Å²) < 4.78 is 0. The van der Waals surface area contributed by atoms with Crippen molar-refractivity contribution in [2.45, 2.75) is 48.0 Å². The van der Waals surface area contributed by atoms with Crippen LogP contribution in [-0.2, 0) is 9.59 Å². The molecule has 1 aromatic rings. The Bertz CT molecular complexity index is 511. The Morgan fingerprint density at radius 3 is 1.57 bits per heavy atom. The smallest absolute Gasteiger partial charge is 0.230 e. The molecule has 1 rings (SSSR count). The molecule has 0 bridgehead atoms. The lowest BCUT2D eigenvalue weighted by Gasteiger charge is -2.21. The van der Waals surface area contributed by atoms with E-state index >= 15 is 0 Å². The maximum atomic E-state index is 12.1. The first-order valence-corrected chi connectivity index (χ1v) is 7.29. The summed E-state index contributed by atoms with van der Waals surface area (Å²) in [5.41, 5.74) is 0.634. The van der Waals surface area contributed by atoms with Crippen LogP contribution >= 0.6 is 0 Å². The predicted molar refractivity (Wildman–Crippen MR) is 87.2 cm³/mol. The third-order valence-corrected chi connectivity index (χ3v) is 3.58. The van der Waals surface area contributed by atoms with E-state index in [1.54, 1.807) is 24.3 Å². The van der Waals surface area contributed by atoms with E-state index in [2.05, 4.69) is 10.6 Å². The molecule has 0 aliphatic carbocycles. The van der Waals surface area contributed by atoms with Gasteiger partial charge in [-0.2, -0.15) is 0 Å². The monoisotopic (exact) mass is 290 g/mol. The average molecular weight is 290 g/mol. The zero-order valence-electron chi connectivity index (χ0n) is 13.8. The highest BCUT2D eigenvalue weighted by molar-refractivity contribution is 5.96. The Morgan fingerprint density at radius 2 is 1.24 bits per heavy atom. The maximum absolute atomic E-state index is 12.1. The second-order valence-electron chi connectivity index (χ2n) is 6.97. The molecular weight excluding hydrogens is 264 g/mol. The zero-order valence-corrected chi connectivity index (χ0v) is 13.8. The standard InChI is InChI=1S/C17H26N2O2/c1-7-17(5,6)15(21)19-13-10-8-12(9-11-13)18-14(20)16(2,3)4/h8-11H,7H2,1-6H3,(H,18,20)(H,19,21). The fourth-order valence-corrected chi connectivity index (χ4v) is 1.42. The normalized spacial score (nSPS) is 11.9. The first-order valence-electron chi connectivity index (χ1n) is 7.29. The molecule has 0 radical (unpaired) electrons. The van der Waals surface area contributed by atoms with Gasteiger partial charge in [-0.25, -0.2) is 0 Å². The van der Waals surface area contributed by atoms with Crippen molar-refractivity contribution in [1.29, 1.82) is 0 Å². The highest BCUT2D eigenvalue weighted by Gasteiger charge is 2.25. The SMILES string of the molecule is CCC(C)(C)C(=O)Nc1ccc(NC(=O)C(C)(C)C)cc1. The number of carbonyl (C=O) groups is 2. The van der Waals surface area contributed by atoms with E-state index in [0.717, 1.165) is 17.8 Å². The lowest BCUT2D eigenvalue weighted by Crippen LogP contribution is -2.30. The Morgan fingerprint density at radius 1 is 0.857 bits per heavy atom. The summed E-state index contributed by atoms with van der Waals surface area (Å²) in [6.07, 6.45) is 0.776. The van der Waals surface area contributed by atoms with Gasteiger partial charge in [0.15, 0.2) is 0 Å². The second kappa shape index (κ2) is 6.29. The van der Waals surface area contributed by atoms with Crippen LogP contribution in [0.4, 0.5) is 11.4 Å². The molecule has 0 heterocycles. The van der Waals surface area contributed by atoms with Gasteiger partial charge in [0.2, 0.25) is 11.8 Å². The molecule has 0 aliphatic heterocycles. The summed E-state index contributed by atoms with van der Waals surface area (Å²) in [7, 11) is 0. The molecular formula is C17H26N2O2. The Hall–Kier alpha value is -1.84. The van der Waals surface area contributed by atoms with Crippen molar-refractivity contribution in [1.82, 2.24) is 0 Å². The summed E-state index contributed by atoms with van der Waals surface area (Å²) >= 11 is 0. The van der Waals surface area contributed by atoms with Crippen LogP contribution in [0, 0.1) is 10.8 Å². The number of benzene rings is 1. The molecule has 4 heteroatoms. The Balaban J connectivity index is 2.71. The molecule has 21 heavy (non-hydrogen) atoms. The molecule has 0 aromatic heterocycles. The van der Waals surface area contributed by atoms with Crippen molar-refractivity contribution in [3.05, 3.63) is 24.3 Å². The predicted octanol–water partition coefficient (Wildman–Crippen LogP) is 4.05. The maximum Gasteiger partial charge on any atom is 0.230 e. The molecule has 2 N–H and O–H groups in total. The molecule has 2 amide bonds. The minimum atomic E-state index is -0.433. The van der Waals surface area contributed by atoms with Gasteiger partial charge >= 0.3 is 0 Å². The van der Waals surface area contributed by atoms with Gasteiger partial charge in [0.25, 0.3) is 0 Å². The van der Waals surface area contributed by atoms with Crippen LogP contribution in [0.5, 0.6) is 0 Å². The van der Waals surface area contributed by atoms with Crippen molar-refractivity contribution >= 4 is 23.2 Å². The quantitative estimate of drug-likeness (QED) is 0.879. The number of hydrogen-bond donors (Lipinski definition) is 2. The summed E-state index contributed by atoms with van der Waals surface area (Å²) in [5.74, 6) is -0.0390. The minimum absolute atomic E-state index is 0.00326. The van der Waals surface area contributed by atoms with E-state index in [9.17, 15) is 9.59 Å². The van der Waals surface area contributed by atoms with E-state index in [4.69, 9.17) is 0 Å². The molecule has 0 spiro atoms. The van der Waals surface area contributed by atoms with E-state index in [0.29, 0.717) is 0 Å². The number of rotatable bonds is 4. The molecule has 0 aliphatic rings. The van der Waals surface area contributed by atoms with Crippen LogP contribution in [0.3, 0.4) is 0 Å². The summed E-state index contributed by atoms with van der Waals surface area (Å²) in [4.78, 5) is 24.0. The molecule has 0 saturated heterocycles. The van der Waals surface area contributed by atoms with Crippen molar-refractivity contribution in [2.24, 2.45) is 10.8 Å². The fraction of sp³-hybridized carbons (Fsp3) is 0.529. The highest BCUT2D eigenvalue weighted by atomic mass is 16.2. The van der Waals surface area contributed by atoms with Gasteiger partial charge in [-0.3, -0.25) is 9.59 Å². The first kappa shape index (κ1) is 17.2. The van der Waals surface area contributed by atoms with Crippen LogP contribution in [0.2, 0.25) is 0 Å². The van der Waals surface area contributed by atoms with E-state index < -0.39 is 5.41 Å². The molecule has 4 nitrogen and oxygen atoms in total. The average Bonchev–Trinajstić information content (AvgIpc) is 2.39. The van der Waals surface area contributed by atoms with Crippen LogP contribution in [0.15, 0.2) is 24.3 Å². The number of anilines is 2.